The maximum atomic E-state index is 11.2. The standard InChI is InChI=1S/C25H20N4O5S/c1-33-22-14-16(29(31)32)7-10-18(22)20-11-12-21(34-20)24-23(19-4-2-3-13-26-19)27-25(35)28(24)15-5-8-17(30)9-6-15/h2-14,23-24,30H,1H3,(H,27,35). The number of non-ortho nitro benzene ring substituents is 1. The summed E-state index contributed by atoms with van der Waals surface area (Å²) in [6.45, 7) is 0. The topological polar surface area (TPSA) is 114 Å². The molecule has 1 aliphatic rings. The van der Waals surface area contributed by atoms with Gasteiger partial charge in [-0.15, -0.1) is 0 Å². The minimum absolute atomic E-state index is 0.0727. The number of aromatic nitrogens is 1. The lowest BCUT2D eigenvalue weighted by atomic mass is 10.0. The summed E-state index contributed by atoms with van der Waals surface area (Å²) >= 11 is 5.69. The molecule has 5 rings (SSSR count). The zero-order valence-electron chi connectivity index (χ0n) is 18.5. The number of ether oxygens (including phenoxy) is 1. The number of furan rings is 1. The second-order valence-corrected chi connectivity index (χ2v) is 8.24. The van der Waals surface area contributed by atoms with Crippen LogP contribution in [0, 0.1) is 10.1 Å². The van der Waals surface area contributed by atoms with Crippen molar-refractivity contribution >= 4 is 28.7 Å². The molecule has 3 heterocycles. The molecule has 2 atom stereocenters. The Hall–Kier alpha value is -4.44. The number of pyridine rings is 1. The number of nitro groups is 1. The number of hydrogen-bond acceptors (Lipinski definition) is 7. The number of methoxy groups -OCH3 is 1. The molecule has 35 heavy (non-hydrogen) atoms. The van der Waals surface area contributed by atoms with E-state index in [0.717, 1.165) is 11.4 Å². The van der Waals surface area contributed by atoms with E-state index >= 15 is 0 Å². The monoisotopic (exact) mass is 488 g/mol. The van der Waals surface area contributed by atoms with Crippen LogP contribution in [-0.4, -0.2) is 27.2 Å². The number of phenolic OH excluding ortho intramolecular Hbond substituents is 1. The van der Waals surface area contributed by atoms with Crippen molar-refractivity contribution in [2.45, 2.75) is 12.1 Å². The van der Waals surface area contributed by atoms with Crippen molar-refractivity contribution in [3.63, 3.8) is 0 Å². The predicted molar refractivity (Wildman–Crippen MR) is 133 cm³/mol. The SMILES string of the molecule is COc1cc([N+](=O)[O-])ccc1-c1ccc(C2C(c3ccccn3)NC(=S)N2c2ccc(O)cc2)o1. The molecule has 2 aromatic heterocycles. The molecular weight excluding hydrogens is 468 g/mol. The van der Waals surface area contributed by atoms with E-state index < -0.39 is 4.92 Å². The molecule has 0 bridgehead atoms. The molecule has 4 aromatic rings. The van der Waals surface area contributed by atoms with Gasteiger partial charge in [0.15, 0.2) is 5.11 Å². The van der Waals surface area contributed by atoms with Crippen LogP contribution in [0.1, 0.15) is 23.5 Å². The van der Waals surface area contributed by atoms with Crippen LogP contribution in [0.5, 0.6) is 11.5 Å². The normalized spacial score (nSPS) is 17.3. The van der Waals surface area contributed by atoms with E-state index in [-0.39, 0.29) is 23.5 Å². The minimum atomic E-state index is -0.474. The van der Waals surface area contributed by atoms with E-state index in [4.69, 9.17) is 21.4 Å². The molecule has 0 aliphatic carbocycles. The Balaban J connectivity index is 1.59. The number of phenols is 1. The van der Waals surface area contributed by atoms with Crippen LogP contribution in [-0.2, 0) is 0 Å². The van der Waals surface area contributed by atoms with Gasteiger partial charge in [0.1, 0.15) is 29.1 Å². The fraction of sp³-hybridized carbons (Fsp3) is 0.120. The van der Waals surface area contributed by atoms with Gasteiger partial charge in [0.2, 0.25) is 0 Å². The highest BCUT2D eigenvalue weighted by molar-refractivity contribution is 7.80. The highest BCUT2D eigenvalue weighted by Gasteiger charge is 2.42. The lowest BCUT2D eigenvalue weighted by Crippen LogP contribution is -2.29. The maximum absolute atomic E-state index is 11.2. The Morgan fingerprint density at radius 2 is 1.94 bits per heavy atom. The molecule has 176 valence electrons. The van der Waals surface area contributed by atoms with Crippen molar-refractivity contribution < 1.29 is 19.2 Å². The second kappa shape index (κ2) is 9.07. The Morgan fingerprint density at radius 1 is 1.14 bits per heavy atom. The van der Waals surface area contributed by atoms with E-state index in [1.54, 1.807) is 42.6 Å². The molecule has 0 radical (unpaired) electrons. The molecule has 0 spiro atoms. The van der Waals surface area contributed by atoms with Gasteiger partial charge in [-0.25, -0.2) is 0 Å². The number of anilines is 1. The Bertz CT molecular complexity index is 1390. The van der Waals surface area contributed by atoms with Gasteiger partial charge >= 0.3 is 0 Å². The molecule has 1 aliphatic heterocycles. The maximum Gasteiger partial charge on any atom is 0.273 e. The molecule has 0 amide bonds. The van der Waals surface area contributed by atoms with Gasteiger partial charge in [-0.05, 0) is 66.8 Å². The highest BCUT2D eigenvalue weighted by atomic mass is 32.1. The molecule has 2 unspecified atom stereocenters. The summed E-state index contributed by atoms with van der Waals surface area (Å²) in [6.07, 6.45) is 1.72. The molecule has 10 heteroatoms. The smallest absolute Gasteiger partial charge is 0.273 e. The van der Waals surface area contributed by atoms with Crippen molar-refractivity contribution in [2.24, 2.45) is 0 Å². The van der Waals surface area contributed by atoms with Crippen molar-refractivity contribution in [1.82, 2.24) is 10.3 Å². The van der Waals surface area contributed by atoms with Crippen LogP contribution in [0.4, 0.5) is 11.4 Å². The van der Waals surface area contributed by atoms with Gasteiger partial charge in [-0.1, -0.05) is 6.07 Å². The van der Waals surface area contributed by atoms with Crippen molar-refractivity contribution in [2.75, 3.05) is 12.0 Å². The average Bonchev–Trinajstić information content (AvgIpc) is 3.49. The van der Waals surface area contributed by atoms with E-state index in [0.29, 0.717) is 27.9 Å². The number of hydrogen-bond donors (Lipinski definition) is 2. The van der Waals surface area contributed by atoms with E-state index in [2.05, 4.69) is 10.3 Å². The summed E-state index contributed by atoms with van der Waals surface area (Å²) in [7, 11) is 1.45. The van der Waals surface area contributed by atoms with E-state index in [1.807, 2.05) is 29.2 Å². The molecule has 2 N–H and O–H groups in total. The average molecular weight is 489 g/mol. The largest absolute Gasteiger partial charge is 0.508 e. The van der Waals surface area contributed by atoms with Gasteiger partial charge in [0, 0.05) is 18.0 Å². The van der Waals surface area contributed by atoms with Crippen LogP contribution in [0.25, 0.3) is 11.3 Å². The Kier molecular flexibility index (Phi) is 5.79. The highest BCUT2D eigenvalue weighted by Crippen LogP contribution is 2.44. The quantitative estimate of drug-likeness (QED) is 0.216. The van der Waals surface area contributed by atoms with Crippen LogP contribution >= 0.6 is 12.2 Å². The minimum Gasteiger partial charge on any atom is -0.508 e. The third-order valence-electron chi connectivity index (χ3n) is 5.81. The van der Waals surface area contributed by atoms with Crippen molar-refractivity contribution in [1.29, 1.82) is 0 Å². The molecular formula is C25H20N4O5S. The molecule has 1 saturated heterocycles. The fourth-order valence-electron chi connectivity index (χ4n) is 4.19. The summed E-state index contributed by atoms with van der Waals surface area (Å²) in [5.74, 6) is 1.58. The van der Waals surface area contributed by atoms with Gasteiger partial charge in [0.25, 0.3) is 5.69 Å². The summed E-state index contributed by atoms with van der Waals surface area (Å²) < 4.78 is 11.7. The van der Waals surface area contributed by atoms with Crippen molar-refractivity contribution in [3.05, 3.63) is 101 Å². The number of rotatable bonds is 6. The fourth-order valence-corrected chi connectivity index (χ4v) is 4.53. The van der Waals surface area contributed by atoms with Crippen molar-refractivity contribution in [3.8, 4) is 22.8 Å². The van der Waals surface area contributed by atoms with E-state index in [1.165, 1.54) is 19.2 Å². The molecule has 0 saturated carbocycles. The number of nitro benzene ring substituents is 1. The first-order chi connectivity index (χ1) is 17.0. The second-order valence-electron chi connectivity index (χ2n) is 7.86. The number of aromatic hydroxyl groups is 1. The predicted octanol–water partition coefficient (Wildman–Crippen LogP) is 5.14. The first-order valence-corrected chi connectivity index (χ1v) is 11.1. The third kappa shape index (κ3) is 4.15. The van der Waals surface area contributed by atoms with E-state index in [9.17, 15) is 15.2 Å². The van der Waals surface area contributed by atoms with Gasteiger partial charge in [0.05, 0.1) is 35.4 Å². The van der Waals surface area contributed by atoms with Crippen LogP contribution < -0.4 is 15.0 Å². The Labute approximate surface area is 205 Å². The molecule has 2 aromatic carbocycles. The van der Waals surface area contributed by atoms with Gasteiger partial charge < -0.3 is 24.5 Å². The zero-order valence-corrected chi connectivity index (χ0v) is 19.3. The summed E-state index contributed by atoms with van der Waals surface area (Å²) in [4.78, 5) is 17.1. The number of benzene rings is 2. The number of nitrogens with zero attached hydrogens (tertiary/aromatic N) is 3. The zero-order chi connectivity index (χ0) is 24.5. The first-order valence-electron chi connectivity index (χ1n) is 10.7. The van der Waals surface area contributed by atoms with Gasteiger partial charge in [-0.2, -0.15) is 0 Å². The lowest BCUT2D eigenvalue weighted by molar-refractivity contribution is -0.384. The lowest BCUT2D eigenvalue weighted by Gasteiger charge is -2.26. The first kappa shape index (κ1) is 22.4. The summed E-state index contributed by atoms with van der Waals surface area (Å²) in [6, 6.07) is 19.7. The number of thiocarbonyl (C=S) groups is 1. The molecule has 1 fully saturated rings. The van der Waals surface area contributed by atoms with Crippen LogP contribution in [0.2, 0.25) is 0 Å². The molecule has 9 nitrogen and oxygen atoms in total. The summed E-state index contributed by atoms with van der Waals surface area (Å²) in [5.41, 5.74) is 2.07. The van der Waals surface area contributed by atoms with Crippen LogP contribution in [0.3, 0.4) is 0 Å². The van der Waals surface area contributed by atoms with Gasteiger partial charge in [-0.3, -0.25) is 15.1 Å². The third-order valence-corrected chi connectivity index (χ3v) is 6.12. The van der Waals surface area contributed by atoms with Crippen LogP contribution in [0.15, 0.2) is 83.4 Å². The number of nitrogens with one attached hydrogen (secondary N) is 1. The summed E-state index contributed by atoms with van der Waals surface area (Å²) in [5, 5.41) is 24.8. The Morgan fingerprint density at radius 3 is 2.63 bits per heavy atom.